The summed E-state index contributed by atoms with van der Waals surface area (Å²) in [7, 11) is 0. The third-order valence-corrected chi connectivity index (χ3v) is 6.09. The van der Waals surface area contributed by atoms with Crippen molar-refractivity contribution in [2.75, 3.05) is 0 Å². The largest absolute Gasteiger partial charge is 0.345 e. The molecule has 0 heterocycles. The quantitative estimate of drug-likeness (QED) is 0.469. The first-order valence-corrected chi connectivity index (χ1v) is 10.7. The van der Waals surface area contributed by atoms with Crippen LogP contribution in [0.5, 0.6) is 0 Å². The van der Waals surface area contributed by atoms with Gasteiger partial charge in [-0.1, -0.05) is 55.5 Å². The molecular formula is C25H27NOS. The van der Waals surface area contributed by atoms with E-state index in [0.29, 0.717) is 5.56 Å². The summed E-state index contributed by atoms with van der Waals surface area (Å²) in [5, 5.41) is 3.18. The summed E-state index contributed by atoms with van der Waals surface area (Å²) in [6.45, 7) is 6.32. The van der Waals surface area contributed by atoms with Gasteiger partial charge in [0.2, 0.25) is 0 Å². The molecule has 1 atom stereocenters. The zero-order chi connectivity index (χ0) is 19.9. The Hall–Kier alpha value is -2.52. The van der Waals surface area contributed by atoms with Crippen molar-refractivity contribution >= 4 is 17.7 Å². The van der Waals surface area contributed by atoms with Crippen LogP contribution < -0.4 is 5.32 Å². The fourth-order valence-electron chi connectivity index (χ4n) is 3.08. The number of aryl methyl sites for hydroxylation is 2. The molecule has 0 radical (unpaired) electrons. The summed E-state index contributed by atoms with van der Waals surface area (Å²) in [5.41, 5.74) is 5.61. The van der Waals surface area contributed by atoms with Gasteiger partial charge in [-0.05, 0) is 66.8 Å². The first-order valence-electron chi connectivity index (χ1n) is 9.71. The molecule has 3 rings (SSSR count). The smallest absolute Gasteiger partial charge is 0.251 e. The Morgan fingerprint density at radius 1 is 0.929 bits per heavy atom. The maximum absolute atomic E-state index is 12.7. The zero-order valence-corrected chi connectivity index (χ0v) is 17.6. The summed E-state index contributed by atoms with van der Waals surface area (Å²) < 4.78 is 0. The molecule has 0 fully saturated rings. The highest BCUT2D eigenvalue weighted by Gasteiger charge is 2.14. The minimum atomic E-state index is -0.0210. The second-order valence-electron chi connectivity index (χ2n) is 7.08. The SMILES string of the molecule is CCC(NC(=O)c1ccc(CSc2ccccc2)cc1)c1ccc(C)c(C)c1. The number of rotatable bonds is 7. The van der Waals surface area contributed by atoms with Crippen molar-refractivity contribution in [1.29, 1.82) is 0 Å². The average Bonchev–Trinajstić information content (AvgIpc) is 2.73. The lowest BCUT2D eigenvalue weighted by atomic mass is 9.99. The molecule has 1 amide bonds. The third kappa shape index (κ3) is 5.26. The zero-order valence-electron chi connectivity index (χ0n) is 16.7. The number of hydrogen-bond donors (Lipinski definition) is 1. The number of amides is 1. The van der Waals surface area contributed by atoms with E-state index in [0.717, 1.165) is 17.7 Å². The molecule has 3 aromatic rings. The highest BCUT2D eigenvalue weighted by molar-refractivity contribution is 7.98. The predicted molar refractivity (Wildman–Crippen MR) is 119 cm³/mol. The minimum Gasteiger partial charge on any atom is -0.345 e. The van der Waals surface area contributed by atoms with Crippen LogP contribution in [0.15, 0.2) is 77.7 Å². The molecule has 0 saturated carbocycles. The fraction of sp³-hybridized carbons (Fsp3) is 0.240. The van der Waals surface area contributed by atoms with Crippen molar-refractivity contribution < 1.29 is 4.79 Å². The molecule has 0 aliphatic rings. The molecule has 3 aromatic carbocycles. The van der Waals surface area contributed by atoms with Crippen LogP contribution in [0.3, 0.4) is 0 Å². The summed E-state index contributed by atoms with van der Waals surface area (Å²) in [5.74, 6) is 0.874. The Morgan fingerprint density at radius 3 is 2.29 bits per heavy atom. The van der Waals surface area contributed by atoms with Gasteiger partial charge in [-0.15, -0.1) is 11.8 Å². The minimum absolute atomic E-state index is 0.0210. The van der Waals surface area contributed by atoms with Gasteiger partial charge in [-0.2, -0.15) is 0 Å². The molecule has 0 bridgehead atoms. The van der Waals surface area contributed by atoms with Gasteiger partial charge in [0.1, 0.15) is 0 Å². The number of carbonyl (C=O) groups excluding carboxylic acids is 1. The second-order valence-corrected chi connectivity index (χ2v) is 8.13. The van der Waals surface area contributed by atoms with Gasteiger partial charge in [0, 0.05) is 16.2 Å². The summed E-state index contributed by atoms with van der Waals surface area (Å²) >= 11 is 1.80. The standard InChI is InChI=1S/C25H27NOS/c1-4-24(22-13-10-18(2)19(3)16-22)26-25(27)21-14-11-20(12-15-21)17-28-23-8-6-5-7-9-23/h5-16,24H,4,17H2,1-3H3,(H,26,27). The van der Waals surface area contributed by atoms with Crippen LogP contribution in [-0.2, 0) is 5.75 Å². The lowest BCUT2D eigenvalue weighted by molar-refractivity contribution is 0.0935. The van der Waals surface area contributed by atoms with Crippen molar-refractivity contribution in [1.82, 2.24) is 5.32 Å². The van der Waals surface area contributed by atoms with E-state index in [1.54, 1.807) is 11.8 Å². The van der Waals surface area contributed by atoms with Gasteiger partial charge < -0.3 is 5.32 Å². The Bertz CT molecular complexity index is 919. The number of nitrogens with one attached hydrogen (secondary N) is 1. The van der Waals surface area contributed by atoms with Gasteiger partial charge in [0.05, 0.1) is 6.04 Å². The average molecular weight is 390 g/mol. The van der Waals surface area contributed by atoms with Crippen molar-refractivity contribution in [2.45, 2.75) is 43.9 Å². The van der Waals surface area contributed by atoms with Gasteiger partial charge in [0.25, 0.3) is 5.91 Å². The third-order valence-electron chi connectivity index (χ3n) is 5.01. The van der Waals surface area contributed by atoms with Crippen LogP contribution in [0.25, 0.3) is 0 Å². The van der Waals surface area contributed by atoms with E-state index in [1.807, 2.05) is 30.3 Å². The molecule has 1 N–H and O–H groups in total. The first kappa shape index (κ1) is 20.2. The van der Waals surface area contributed by atoms with Gasteiger partial charge in [-0.3, -0.25) is 4.79 Å². The number of carbonyl (C=O) groups is 1. The molecule has 0 aromatic heterocycles. The molecule has 1 unspecified atom stereocenters. The number of hydrogen-bond acceptors (Lipinski definition) is 2. The van der Waals surface area contributed by atoms with E-state index in [9.17, 15) is 4.79 Å². The fourth-order valence-corrected chi connectivity index (χ4v) is 3.96. The van der Waals surface area contributed by atoms with E-state index in [1.165, 1.54) is 21.6 Å². The van der Waals surface area contributed by atoms with Crippen LogP contribution in [0.1, 0.15) is 52.0 Å². The molecule has 3 heteroatoms. The number of thioether (sulfide) groups is 1. The Balaban J connectivity index is 1.62. The maximum atomic E-state index is 12.7. The van der Waals surface area contributed by atoms with Crippen LogP contribution in [-0.4, -0.2) is 5.91 Å². The van der Waals surface area contributed by atoms with Crippen LogP contribution in [0.2, 0.25) is 0 Å². The Kier molecular flexibility index (Phi) is 6.94. The van der Waals surface area contributed by atoms with E-state index in [2.05, 4.69) is 68.6 Å². The van der Waals surface area contributed by atoms with Gasteiger partial charge in [-0.25, -0.2) is 0 Å². The predicted octanol–water partition coefficient (Wildman–Crippen LogP) is 6.48. The van der Waals surface area contributed by atoms with E-state index >= 15 is 0 Å². The van der Waals surface area contributed by atoms with Gasteiger partial charge in [0.15, 0.2) is 0 Å². The molecule has 0 saturated heterocycles. The highest BCUT2D eigenvalue weighted by atomic mass is 32.2. The Morgan fingerprint density at radius 2 is 1.64 bits per heavy atom. The van der Waals surface area contributed by atoms with E-state index in [-0.39, 0.29) is 11.9 Å². The molecule has 0 aliphatic carbocycles. The maximum Gasteiger partial charge on any atom is 0.251 e. The van der Waals surface area contributed by atoms with Crippen molar-refractivity contribution in [3.8, 4) is 0 Å². The monoisotopic (exact) mass is 389 g/mol. The molecule has 144 valence electrons. The van der Waals surface area contributed by atoms with Crippen LogP contribution >= 0.6 is 11.8 Å². The van der Waals surface area contributed by atoms with Crippen molar-refractivity contribution in [3.05, 3.63) is 101 Å². The molecule has 28 heavy (non-hydrogen) atoms. The van der Waals surface area contributed by atoms with E-state index < -0.39 is 0 Å². The summed E-state index contributed by atoms with van der Waals surface area (Å²) in [4.78, 5) is 14.0. The topological polar surface area (TPSA) is 29.1 Å². The second kappa shape index (κ2) is 9.61. The van der Waals surface area contributed by atoms with Crippen LogP contribution in [0, 0.1) is 13.8 Å². The molecule has 2 nitrogen and oxygen atoms in total. The normalized spacial score (nSPS) is 11.8. The first-order chi connectivity index (χ1) is 13.6. The Labute approximate surface area is 172 Å². The molecule has 0 aliphatic heterocycles. The molecular weight excluding hydrogens is 362 g/mol. The molecule has 0 spiro atoms. The summed E-state index contributed by atoms with van der Waals surface area (Å²) in [6.07, 6.45) is 0.861. The van der Waals surface area contributed by atoms with Crippen molar-refractivity contribution in [3.63, 3.8) is 0 Å². The summed E-state index contributed by atoms with van der Waals surface area (Å²) in [6, 6.07) is 24.7. The van der Waals surface area contributed by atoms with Crippen LogP contribution in [0.4, 0.5) is 0 Å². The lowest BCUT2D eigenvalue weighted by Gasteiger charge is -2.19. The van der Waals surface area contributed by atoms with E-state index in [4.69, 9.17) is 0 Å². The van der Waals surface area contributed by atoms with Crippen molar-refractivity contribution in [2.24, 2.45) is 0 Å². The number of benzene rings is 3. The highest BCUT2D eigenvalue weighted by Crippen LogP contribution is 2.23. The van der Waals surface area contributed by atoms with Gasteiger partial charge >= 0.3 is 0 Å². The lowest BCUT2D eigenvalue weighted by Crippen LogP contribution is -2.28.